The van der Waals surface area contributed by atoms with Crippen molar-refractivity contribution in [3.63, 3.8) is 0 Å². The van der Waals surface area contributed by atoms with Crippen molar-refractivity contribution < 1.29 is 33.8 Å². The third kappa shape index (κ3) is 9.05. The van der Waals surface area contributed by atoms with Gasteiger partial charge in [0.25, 0.3) is 0 Å². The number of fused-ring (bicyclic) bond motifs is 3. The van der Waals surface area contributed by atoms with E-state index in [4.69, 9.17) is 9.47 Å². The molecule has 6 rings (SSSR count). The lowest BCUT2D eigenvalue weighted by molar-refractivity contribution is -0.147. The predicted molar refractivity (Wildman–Crippen MR) is 193 cm³/mol. The second kappa shape index (κ2) is 16.8. The van der Waals surface area contributed by atoms with Crippen LogP contribution in [0.25, 0.3) is 11.1 Å². The summed E-state index contributed by atoms with van der Waals surface area (Å²) in [6, 6.07) is 24.2. The fraction of sp³-hybridized carbons (Fsp3) is 0.415. The number of aliphatic hydroxyl groups is 1. The maximum Gasteiger partial charge on any atom is 0.407 e. The van der Waals surface area contributed by atoms with Crippen LogP contribution in [0.4, 0.5) is 4.79 Å². The maximum absolute atomic E-state index is 13.7. The average molecular weight is 694 g/mol. The summed E-state index contributed by atoms with van der Waals surface area (Å²) in [4.78, 5) is 53.5. The van der Waals surface area contributed by atoms with Gasteiger partial charge in [-0.2, -0.15) is 0 Å². The summed E-state index contributed by atoms with van der Waals surface area (Å²) in [6.45, 7) is -0.144. The Morgan fingerprint density at radius 1 is 0.902 bits per heavy atom. The fourth-order valence-corrected chi connectivity index (χ4v) is 7.55. The standard InChI is InChI=1S/C41H47N3O7/c45-27-41(21-11-12-22-41)44-37(46)24-29-15-5-2-6-20-36(39(48)50-25-30(42-38(29)47)23-28-13-3-1-4-14-28)43-40(49)51-26-35-33-18-9-7-16-31(33)32-17-8-10-19-34(32)35/h1-5,7-10,13-14,16-19,29-30,35-36,45H,6,11-12,15,20-27H2,(H,42,47)(H,43,49)(H,44,46). The van der Waals surface area contributed by atoms with Gasteiger partial charge in [0.05, 0.1) is 24.1 Å². The summed E-state index contributed by atoms with van der Waals surface area (Å²) in [5.41, 5.74) is 4.73. The van der Waals surface area contributed by atoms with E-state index in [0.717, 1.165) is 40.7 Å². The summed E-state index contributed by atoms with van der Waals surface area (Å²) in [7, 11) is 0. The zero-order chi connectivity index (χ0) is 35.6. The molecule has 3 atom stereocenters. The van der Waals surface area contributed by atoms with Gasteiger partial charge < -0.3 is 30.5 Å². The first kappa shape index (κ1) is 35.9. The number of ether oxygens (including phenoxy) is 2. The van der Waals surface area contributed by atoms with Crippen LogP contribution < -0.4 is 16.0 Å². The summed E-state index contributed by atoms with van der Waals surface area (Å²) in [5, 5.41) is 18.8. The van der Waals surface area contributed by atoms with Crippen LogP contribution in [0.2, 0.25) is 0 Å². The molecule has 0 radical (unpaired) electrons. The highest BCUT2D eigenvalue weighted by molar-refractivity contribution is 5.87. The number of alkyl carbamates (subject to hydrolysis) is 1. The Balaban J connectivity index is 1.12. The van der Waals surface area contributed by atoms with Crippen LogP contribution in [0.5, 0.6) is 0 Å². The van der Waals surface area contributed by atoms with Gasteiger partial charge in [-0.3, -0.25) is 9.59 Å². The number of cyclic esters (lactones) is 1. The SMILES string of the molecule is O=C(CC1CC=CCCC(NC(=O)OCC2c3ccccc3-c3ccccc32)C(=O)OCC(Cc2ccccc2)NC1=O)NC1(CO)CCCC1. The first-order chi connectivity index (χ1) is 24.8. The van der Waals surface area contributed by atoms with E-state index >= 15 is 0 Å². The van der Waals surface area contributed by atoms with Gasteiger partial charge in [-0.05, 0) is 66.3 Å². The first-order valence-corrected chi connectivity index (χ1v) is 18.0. The van der Waals surface area contributed by atoms with Gasteiger partial charge in [0.15, 0.2) is 0 Å². The van der Waals surface area contributed by atoms with Crippen molar-refractivity contribution in [2.45, 2.75) is 81.3 Å². The summed E-state index contributed by atoms with van der Waals surface area (Å²) >= 11 is 0. The minimum absolute atomic E-state index is 0.0399. The molecule has 4 N–H and O–H groups in total. The van der Waals surface area contributed by atoms with Crippen LogP contribution in [-0.4, -0.2) is 66.4 Å². The number of hydrogen-bond acceptors (Lipinski definition) is 7. The Kier molecular flexibility index (Phi) is 11.8. The maximum atomic E-state index is 13.7. The van der Waals surface area contributed by atoms with E-state index in [1.165, 1.54) is 0 Å². The van der Waals surface area contributed by atoms with Crippen molar-refractivity contribution in [3.8, 4) is 11.1 Å². The molecule has 268 valence electrons. The molecule has 10 nitrogen and oxygen atoms in total. The molecule has 10 heteroatoms. The smallest absolute Gasteiger partial charge is 0.407 e. The number of esters is 1. The van der Waals surface area contributed by atoms with Crippen LogP contribution in [0.1, 0.15) is 74.0 Å². The lowest BCUT2D eigenvalue weighted by atomic mass is 9.95. The number of hydrogen-bond donors (Lipinski definition) is 4. The van der Waals surface area contributed by atoms with Crippen LogP contribution in [-0.2, 0) is 30.3 Å². The normalized spacial score (nSPS) is 21.9. The molecule has 0 bridgehead atoms. The van der Waals surface area contributed by atoms with E-state index in [9.17, 15) is 24.3 Å². The van der Waals surface area contributed by atoms with Crippen molar-refractivity contribution in [2.24, 2.45) is 5.92 Å². The predicted octanol–water partition coefficient (Wildman–Crippen LogP) is 5.33. The molecule has 3 aromatic carbocycles. The van der Waals surface area contributed by atoms with E-state index in [1.807, 2.05) is 78.9 Å². The number of aliphatic hydroxyl groups excluding tert-OH is 1. The molecule has 2 aliphatic carbocycles. The molecule has 3 aliphatic rings. The molecule has 1 fully saturated rings. The van der Waals surface area contributed by atoms with Gasteiger partial charge in [0.2, 0.25) is 11.8 Å². The molecular weight excluding hydrogens is 646 g/mol. The number of carbonyl (C=O) groups excluding carboxylic acids is 4. The second-order valence-corrected chi connectivity index (χ2v) is 13.9. The summed E-state index contributed by atoms with van der Waals surface area (Å²) in [5.74, 6) is -2.00. The highest BCUT2D eigenvalue weighted by atomic mass is 16.6. The Hall–Kier alpha value is -4.96. The highest BCUT2D eigenvalue weighted by Gasteiger charge is 2.36. The topological polar surface area (TPSA) is 143 Å². The van der Waals surface area contributed by atoms with E-state index in [0.29, 0.717) is 32.1 Å². The number of amides is 3. The molecule has 3 unspecified atom stereocenters. The fourth-order valence-electron chi connectivity index (χ4n) is 7.55. The quantitative estimate of drug-likeness (QED) is 0.175. The largest absolute Gasteiger partial charge is 0.462 e. The number of carbonyl (C=O) groups is 4. The lowest BCUT2D eigenvalue weighted by Crippen LogP contribution is -2.50. The molecule has 0 saturated heterocycles. The van der Waals surface area contributed by atoms with Crippen LogP contribution >= 0.6 is 0 Å². The zero-order valence-corrected chi connectivity index (χ0v) is 28.9. The molecule has 0 spiro atoms. The van der Waals surface area contributed by atoms with Crippen LogP contribution in [0.3, 0.4) is 0 Å². The van der Waals surface area contributed by atoms with Crippen molar-refractivity contribution >= 4 is 23.9 Å². The molecule has 1 saturated carbocycles. The minimum Gasteiger partial charge on any atom is -0.462 e. The molecular formula is C41H47N3O7. The third-order valence-corrected chi connectivity index (χ3v) is 10.3. The molecule has 3 amide bonds. The molecule has 3 aromatic rings. The lowest BCUT2D eigenvalue weighted by Gasteiger charge is -2.29. The molecule has 0 aromatic heterocycles. The van der Waals surface area contributed by atoms with Gasteiger partial charge in [0.1, 0.15) is 19.3 Å². The second-order valence-electron chi connectivity index (χ2n) is 13.9. The Morgan fingerprint density at radius 3 is 2.25 bits per heavy atom. The zero-order valence-electron chi connectivity index (χ0n) is 28.9. The Morgan fingerprint density at radius 2 is 1.57 bits per heavy atom. The Bertz CT molecular complexity index is 1670. The van der Waals surface area contributed by atoms with Gasteiger partial charge >= 0.3 is 12.1 Å². The van der Waals surface area contributed by atoms with Crippen molar-refractivity contribution in [2.75, 3.05) is 19.8 Å². The number of nitrogens with one attached hydrogen (secondary N) is 3. The number of allylic oxidation sites excluding steroid dienone is 2. The van der Waals surface area contributed by atoms with Gasteiger partial charge in [-0.15, -0.1) is 0 Å². The van der Waals surface area contributed by atoms with Crippen LogP contribution in [0.15, 0.2) is 91.0 Å². The van der Waals surface area contributed by atoms with Gasteiger partial charge in [-0.25, -0.2) is 9.59 Å². The van der Waals surface area contributed by atoms with Crippen molar-refractivity contribution in [3.05, 3.63) is 108 Å². The summed E-state index contributed by atoms with van der Waals surface area (Å²) < 4.78 is 11.5. The van der Waals surface area contributed by atoms with E-state index < -0.39 is 35.6 Å². The third-order valence-electron chi connectivity index (χ3n) is 10.3. The number of benzene rings is 3. The van der Waals surface area contributed by atoms with Crippen LogP contribution in [0, 0.1) is 5.92 Å². The van der Waals surface area contributed by atoms with Gasteiger partial charge in [0, 0.05) is 12.3 Å². The highest BCUT2D eigenvalue weighted by Crippen LogP contribution is 2.44. The monoisotopic (exact) mass is 693 g/mol. The molecule has 1 heterocycles. The average Bonchev–Trinajstić information content (AvgIpc) is 3.74. The van der Waals surface area contributed by atoms with Crippen molar-refractivity contribution in [1.29, 1.82) is 0 Å². The number of rotatable bonds is 9. The molecule has 51 heavy (non-hydrogen) atoms. The minimum atomic E-state index is -0.971. The van der Waals surface area contributed by atoms with E-state index in [2.05, 4.69) is 28.1 Å². The van der Waals surface area contributed by atoms with Gasteiger partial charge in [-0.1, -0.05) is 104 Å². The first-order valence-electron chi connectivity index (χ1n) is 18.0. The van der Waals surface area contributed by atoms with E-state index in [1.54, 1.807) is 0 Å². The molecule has 1 aliphatic heterocycles. The van der Waals surface area contributed by atoms with Crippen molar-refractivity contribution in [1.82, 2.24) is 16.0 Å². The summed E-state index contributed by atoms with van der Waals surface area (Å²) in [6.07, 6.45) is 7.61. The van der Waals surface area contributed by atoms with E-state index in [-0.39, 0.29) is 50.4 Å². The Labute approximate surface area is 299 Å².